The molecule has 0 atom stereocenters. The van der Waals surface area contributed by atoms with Crippen molar-refractivity contribution in [3.63, 3.8) is 0 Å². The molecule has 3 rings (SSSR count). The highest BCUT2D eigenvalue weighted by Crippen LogP contribution is 2.19. The molecule has 3 heterocycles. The third kappa shape index (κ3) is 3.80. The van der Waals surface area contributed by atoms with Crippen LogP contribution in [0.5, 0.6) is 5.88 Å². The number of rotatable bonds is 4. The van der Waals surface area contributed by atoms with E-state index in [2.05, 4.69) is 14.7 Å². The second kappa shape index (κ2) is 6.85. The van der Waals surface area contributed by atoms with Crippen LogP contribution in [0, 0.1) is 6.92 Å². The summed E-state index contributed by atoms with van der Waals surface area (Å²) in [5.74, 6) is 0.280. The number of hydrogen-bond acceptors (Lipinski definition) is 6. The van der Waals surface area contributed by atoms with Crippen LogP contribution in [-0.4, -0.2) is 34.6 Å². The number of pyridine rings is 1. The molecule has 0 aliphatic carbocycles. The maximum absolute atomic E-state index is 12.2. The number of aromatic nitrogens is 2. The van der Waals surface area contributed by atoms with E-state index in [-0.39, 0.29) is 12.0 Å². The van der Waals surface area contributed by atoms with Crippen molar-refractivity contribution in [1.29, 1.82) is 0 Å². The highest BCUT2D eigenvalue weighted by atomic mass is 32.1. The smallest absolute Gasteiger partial charge is 0.256 e. The molecule has 0 bridgehead atoms. The number of hydrogen-bond donors (Lipinski definition) is 1. The molecule has 0 saturated carbocycles. The van der Waals surface area contributed by atoms with Gasteiger partial charge in [0.2, 0.25) is 5.88 Å². The fourth-order valence-electron chi connectivity index (χ4n) is 2.19. The molecule has 22 heavy (non-hydrogen) atoms. The van der Waals surface area contributed by atoms with Gasteiger partial charge in [0, 0.05) is 30.7 Å². The van der Waals surface area contributed by atoms with E-state index in [1.165, 1.54) is 11.5 Å². The van der Waals surface area contributed by atoms with Gasteiger partial charge >= 0.3 is 0 Å². The highest BCUT2D eigenvalue weighted by Gasteiger charge is 2.17. The quantitative estimate of drug-likeness (QED) is 0.938. The normalized spacial score (nSPS) is 15.5. The van der Waals surface area contributed by atoms with E-state index in [0.29, 0.717) is 24.7 Å². The van der Waals surface area contributed by atoms with Gasteiger partial charge in [-0.3, -0.25) is 4.79 Å². The molecule has 6 nitrogen and oxygen atoms in total. The summed E-state index contributed by atoms with van der Waals surface area (Å²) in [5, 5.41) is 3.55. The molecule has 0 spiro atoms. The van der Waals surface area contributed by atoms with Crippen LogP contribution in [0.25, 0.3) is 0 Å². The van der Waals surface area contributed by atoms with Crippen LogP contribution >= 0.6 is 11.5 Å². The maximum atomic E-state index is 12.2. The lowest BCUT2D eigenvalue weighted by Gasteiger charge is -2.22. The maximum Gasteiger partial charge on any atom is 0.256 e. The number of anilines is 1. The molecule has 1 amide bonds. The molecule has 1 saturated heterocycles. The van der Waals surface area contributed by atoms with E-state index in [4.69, 9.17) is 9.47 Å². The average Bonchev–Trinajstić information content (AvgIpc) is 2.93. The van der Waals surface area contributed by atoms with Crippen molar-refractivity contribution in [2.24, 2.45) is 0 Å². The van der Waals surface area contributed by atoms with Crippen LogP contribution in [0.3, 0.4) is 0 Å². The number of amides is 1. The van der Waals surface area contributed by atoms with Crippen molar-refractivity contribution in [3.05, 3.63) is 35.7 Å². The predicted octanol–water partition coefficient (Wildman–Crippen LogP) is 2.66. The first-order chi connectivity index (χ1) is 10.7. The summed E-state index contributed by atoms with van der Waals surface area (Å²) in [7, 11) is 0. The Morgan fingerprint density at radius 2 is 2.23 bits per heavy atom. The Kier molecular flexibility index (Phi) is 4.65. The van der Waals surface area contributed by atoms with E-state index in [1.54, 1.807) is 18.3 Å². The number of aryl methyl sites for hydroxylation is 1. The standard InChI is InChI=1S/C15H17N3O3S/c1-10-8-14(22-18-10)17-15(19)11-2-5-16-13(9-11)21-12-3-6-20-7-4-12/h2,5,8-9,12H,3-4,6-7H2,1H3,(H,17,19). The third-order valence-electron chi connectivity index (χ3n) is 3.32. The van der Waals surface area contributed by atoms with E-state index in [1.807, 2.05) is 13.0 Å². The Morgan fingerprint density at radius 3 is 2.95 bits per heavy atom. The van der Waals surface area contributed by atoms with Crippen molar-refractivity contribution < 1.29 is 14.3 Å². The minimum absolute atomic E-state index is 0.101. The van der Waals surface area contributed by atoms with Gasteiger partial charge in [0.25, 0.3) is 5.91 Å². The van der Waals surface area contributed by atoms with Gasteiger partial charge in [0.1, 0.15) is 11.1 Å². The van der Waals surface area contributed by atoms with Crippen molar-refractivity contribution in [1.82, 2.24) is 9.36 Å². The molecule has 2 aromatic rings. The van der Waals surface area contributed by atoms with Crippen LogP contribution in [0.15, 0.2) is 24.4 Å². The summed E-state index contributed by atoms with van der Waals surface area (Å²) in [6, 6.07) is 5.17. The summed E-state index contributed by atoms with van der Waals surface area (Å²) < 4.78 is 15.3. The monoisotopic (exact) mass is 319 g/mol. The van der Waals surface area contributed by atoms with E-state index < -0.39 is 0 Å². The van der Waals surface area contributed by atoms with Crippen LogP contribution < -0.4 is 10.1 Å². The fourth-order valence-corrected chi connectivity index (χ4v) is 2.84. The lowest BCUT2D eigenvalue weighted by atomic mass is 10.1. The van der Waals surface area contributed by atoms with Gasteiger partial charge in [-0.2, -0.15) is 4.37 Å². The summed E-state index contributed by atoms with van der Waals surface area (Å²) in [6.45, 7) is 3.30. The number of ether oxygens (including phenoxy) is 2. The van der Waals surface area contributed by atoms with Crippen molar-refractivity contribution in [2.75, 3.05) is 18.5 Å². The van der Waals surface area contributed by atoms with Gasteiger partial charge in [-0.05, 0) is 30.6 Å². The van der Waals surface area contributed by atoms with Crippen LogP contribution in [-0.2, 0) is 4.74 Å². The largest absolute Gasteiger partial charge is 0.474 e. The molecule has 1 N–H and O–H groups in total. The Labute approximate surface area is 132 Å². The minimum atomic E-state index is -0.192. The van der Waals surface area contributed by atoms with Gasteiger partial charge in [0.05, 0.1) is 18.9 Å². The molecule has 1 aliphatic heterocycles. The molecule has 116 valence electrons. The van der Waals surface area contributed by atoms with E-state index >= 15 is 0 Å². The predicted molar refractivity (Wildman–Crippen MR) is 83.5 cm³/mol. The van der Waals surface area contributed by atoms with Crippen LogP contribution in [0.1, 0.15) is 28.9 Å². The molecule has 0 aromatic carbocycles. The summed E-state index contributed by atoms with van der Waals surface area (Å²) in [4.78, 5) is 16.4. The molecule has 1 aliphatic rings. The second-order valence-electron chi connectivity index (χ2n) is 5.10. The second-order valence-corrected chi connectivity index (χ2v) is 5.90. The highest BCUT2D eigenvalue weighted by molar-refractivity contribution is 7.10. The first-order valence-electron chi connectivity index (χ1n) is 7.16. The van der Waals surface area contributed by atoms with Gasteiger partial charge in [-0.1, -0.05) is 0 Å². The summed E-state index contributed by atoms with van der Waals surface area (Å²) in [5.41, 5.74) is 1.40. The SMILES string of the molecule is Cc1cc(NC(=O)c2ccnc(OC3CCOCC3)c2)sn1. The molecule has 2 aromatic heterocycles. The van der Waals surface area contributed by atoms with Gasteiger partial charge < -0.3 is 14.8 Å². The van der Waals surface area contributed by atoms with Crippen molar-refractivity contribution in [3.8, 4) is 5.88 Å². The zero-order chi connectivity index (χ0) is 15.4. The number of carbonyl (C=O) groups excluding carboxylic acids is 1. The topological polar surface area (TPSA) is 73.3 Å². The number of nitrogens with zero attached hydrogens (tertiary/aromatic N) is 2. The van der Waals surface area contributed by atoms with Crippen molar-refractivity contribution >= 4 is 22.4 Å². The zero-order valence-electron chi connectivity index (χ0n) is 12.2. The molecule has 0 unspecified atom stereocenters. The van der Waals surface area contributed by atoms with Gasteiger partial charge in [-0.15, -0.1) is 0 Å². The Hall–Kier alpha value is -1.99. The molecule has 7 heteroatoms. The lowest BCUT2D eigenvalue weighted by Crippen LogP contribution is -2.26. The van der Waals surface area contributed by atoms with Crippen LogP contribution in [0.4, 0.5) is 5.00 Å². The van der Waals surface area contributed by atoms with Crippen LogP contribution in [0.2, 0.25) is 0 Å². The van der Waals surface area contributed by atoms with E-state index in [0.717, 1.165) is 23.5 Å². The first kappa shape index (κ1) is 14.9. The minimum Gasteiger partial charge on any atom is -0.474 e. The Balaban J connectivity index is 1.66. The average molecular weight is 319 g/mol. The lowest BCUT2D eigenvalue weighted by molar-refractivity contribution is 0.0237. The number of nitrogens with one attached hydrogen (secondary N) is 1. The Morgan fingerprint density at radius 1 is 1.41 bits per heavy atom. The molecular weight excluding hydrogens is 302 g/mol. The molecule has 0 radical (unpaired) electrons. The Bertz CT molecular complexity index is 653. The van der Waals surface area contributed by atoms with Gasteiger partial charge in [-0.25, -0.2) is 4.98 Å². The third-order valence-corrected chi connectivity index (χ3v) is 4.11. The zero-order valence-corrected chi connectivity index (χ0v) is 13.1. The summed E-state index contributed by atoms with van der Waals surface area (Å²) in [6.07, 6.45) is 3.38. The van der Waals surface area contributed by atoms with E-state index in [9.17, 15) is 4.79 Å². The molecular formula is C15H17N3O3S. The first-order valence-corrected chi connectivity index (χ1v) is 7.93. The van der Waals surface area contributed by atoms with Gasteiger partial charge in [0.15, 0.2) is 0 Å². The molecule has 1 fully saturated rings. The fraction of sp³-hybridized carbons (Fsp3) is 0.400. The number of carbonyl (C=O) groups is 1. The van der Waals surface area contributed by atoms with Crippen molar-refractivity contribution in [2.45, 2.75) is 25.9 Å². The summed E-state index contributed by atoms with van der Waals surface area (Å²) >= 11 is 1.26.